The number of aliphatic hydroxyl groups is 1. The summed E-state index contributed by atoms with van der Waals surface area (Å²) in [4.78, 5) is 8.37. The van der Waals surface area contributed by atoms with Crippen LogP contribution in [0.4, 0.5) is 0 Å². The van der Waals surface area contributed by atoms with Crippen molar-refractivity contribution < 1.29 is 5.11 Å². The molecule has 0 aromatic carbocycles. The maximum absolute atomic E-state index is 8.60. The fourth-order valence-corrected chi connectivity index (χ4v) is 1.66. The summed E-state index contributed by atoms with van der Waals surface area (Å²) in [5, 5.41) is 9.54. The first-order chi connectivity index (χ1) is 5.72. The Labute approximate surface area is 76.2 Å². The van der Waals surface area contributed by atoms with Crippen molar-refractivity contribution in [2.75, 3.05) is 12.4 Å². The summed E-state index contributed by atoms with van der Waals surface area (Å²) in [5.41, 5.74) is 0.975. The van der Waals surface area contributed by atoms with E-state index >= 15 is 0 Å². The molecule has 0 unspecified atom stereocenters. The van der Waals surface area contributed by atoms with Crippen molar-refractivity contribution in [1.82, 2.24) is 9.97 Å². The monoisotopic (exact) mass is 184 g/mol. The van der Waals surface area contributed by atoms with E-state index < -0.39 is 0 Å². The average Bonchev–Trinajstić information content (AvgIpc) is 1.99. The van der Waals surface area contributed by atoms with Gasteiger partial charge in [0.15, 0.2) is 0 Å². The minimum absolute atomic E-state index is 0.187. The maximum Gasteiger partial charge on any atom is 0.126 e. The molecule has 1 heterocycles. The van der Waals surface area contributed by atoms with Crippen molar-refractivity contribution in [2.45, 2.75) is 18.9 Å². The van der Waals surface area contributed by atoms with Crippen molar-refractivity contribution >= 4 is 11.8 Å². The second kappa shape index (κ2) is 4.42. The molecule has 0 radical (unpaired) electrons. The Morgan fingerprint density at radius 1 is 1.42 bits per heavy atom. The lowest BCUT2D eigenvalue weighted by Gasteiger charge is -2.00. The van der Waals surface area contributed by atoms with Gasteiger partial charge >= 0.3 is 0 Å². The third kappa shape index (κ3) is 2.79. The highest BCUT2D eigenvalue weighted by Crippen LogP contribution is 2.14. The van der Waals surface area contributed by atoms with Crippen LogP contribution >= 0.6 is 11.8 Å². The lowest BCUT2D eigenvalue weighted by molar-refractivity contribution is 0.322. The molecule has 0 aliphatic rings. The minimum Gasteiger partial charge on any atom is -0.396 e. The number of hydrogen-bond donors (Lipinski definition) is 1. The van der Waals surface area contributed by atoms with Crippen LogP contribution in [0.25, 0.3) is 0 Å². The summed E-state index contributed by atoms with van der Waals surface area (Å²) in [6.07, 6.45) is 0. The molecule has 0 saturated carbocycles. The van der Waals surface area contributed by atoms with Gasteiger partial charge in [-0.05, 0) is 19.9 Å². The Hall–Kier alpha value is -0.610. The summed E-state index contributed by atoms with van der Waals surface area (Å²) >= 11 is 1.55. The molecule has 0 aliphatic heterocycles. The molecule has 0 spiro atoms. The number of nitrogens with zero attached hydrogens (tertiary/aromatic N) is 2. The number of aryl methyl sites for hydroxylation is 2. The van der Waals surface area contributed by atoms with Crippen molar-refractivity contribution in [3.63, 3.8) is 0 Å². The Bertz CT molecular complexity index is 245. The van der Waals surface area contributed by atoms with Crippen LogP contribution in [-0.2, 0) is 0 Å². The van der Waals surface area contributed by atoms with Crippen LogP contribution in [0.5, 0.6) is 0 Å². The van der Waals surface area contributed by atoms with E-state index in [9.17, 15) is 0 Å². The van der Waals surface area contributed by atoms with Crippen LogP contribution in [0.3, 0.4) is 0 Å². The second-order valence-corrected chi connectivity index (χ2v) is 3.58. The molecule has 4 heteroatoms. The van der Waals surface area contributed by atoms with E-state index in [0.29, 0.717) is 5.75 Å². The standard InChI is InChI=1S/C8H12N2OS/c1-6-5-8(12-4-3-11)10-7(2)9-6/h5,11H,3-4H2,1-2H3. The van der Waals surface area contributed by atoms with Gasteiger partial charge in [0, 0.05) is 11.4 Å². The largest absolute Gasteiger partial charge is 0.396 e. The molecule has 1 N–H and O–H groups in total. The lowest BCUT2D eigenvalue weighted by Crippen LogP contribution is -1.94. The van der Waals surface area contributed by atoms with Gasteiger partial charge < -0.3 is 5.11 Å². The van der Waals surface area contributed by atoms with E-state index in [1.54, 1.807) is 11.8 Å². The highest BCUT2D eigenvalue weighted by Gasteiger charge is 1.98. The second-order valence-electron chi connectivity index (χ2n) is 2.47. The molecule has 0 saturated heterocycles. The van der Waals surface area contributed by atoms with E-state index in [0.717, 1.165) is 16.5 Å². The molecule has 0 amide bonds. The predicted molar refractivity (Wildman–Crippen MR) is 49.3 cm³/mol. The summed E-state index contributed by atoms with van der Waals surface area (Å²) in [7, 11) is 0. The first-order valence-electron chi connectivity index (χ1n) is 3.78. The molecule has 0 fully saturated rings. The van der Waals surface area contributed by atoms with Gasteiger partial charge in [-0.15, -0.1) is 11.8 Å². The minimum atomic E-state index is 0.187. The summed E-state index contributed by atoms with van der Waals surface area (Å²) in [6.45, 7) is 4.00. The summed E-state index contributed by atoms with van der Waals surface area (Å²) in [5.74, 6) is 1.48. The maximum atomic E-state index is 8.60. The molecular weight excluding hydrogens is 172 g/mol. The molecule has 12 heavy (non-hydrogen) atoms. The third-order valence-electron chi connectivity index (χ3n) is 1.28. The van der Waals surface area contributed by atoms with Crippen molar-refractivity contribution in [3.8, 4) is 0 Å². The summed E-state index contributed by atoms with van der Waals surface area (Å²) in [6, 6.07) is 1.92. The Morgan fingerprint density at radius 2 is 2.17 bits per heavy atom. The predicted octanol–water partition coefficient (Wildman–Crippen LogP) is 1.18. The fourth-order valence-electron chi connectivity index (χ4n) is 0.907. The van der Waals surface area contributed by atoms with Crippen LogP contribution in [0.15, 0.2) is 11.1 Å². The van der Waals surface area contributed by atoms with Crippen molar-refractivity contribution in [2.24, 2.45) is 0 Å². The van der Waals surface area contributed by atoms with Crippen LogP contribution in [0, 0.1) is 13.8 Å². The zero-order valence-electron chi connectivity index (χ0n) is 7.24. The third-order valence-corrected chi connectivity index (χ3v) is 2.18. The molecule has 1 aromatic rings. The van der Waals surface area contributed by atoms with Crippen molar-refractivity contribution in [1.29, 1.82) is 0 Å². The van der Waals surface area contributed by atoms with E-state index in [2.05, 4.69) is 9.97 Å². The quantitative estimate of drug-likeness (QED) is 0.566. The van der Waals surface area contributed by atoms with Gasteiger partial charge in [0.1, 0.15) is 10.9 Å². The van der Waals surface area contributed by atoms with E-state index in [1.807, 2.05) is 19.9 Å². The highest BCUT2D eigenvalue weighted by molar-refractivity contribution is 7.99. The first-order valence-corrected chi connectivity index (χ1v) is 4.77. The van der Waals surface area contributed by atoms with Gasteiger partial charge in [-0.2, -0.15) is 0 Å². The molecule has 1 aromatic heterocycles. The number of aliphatic hydroxyl groups excluding tert-OH is 1. The number of thioether (sulfide) groups is 1. The first kappa shape index (κ1) is 9.48. The van der Waals surface area contributed by atoms with E-state index in [1.165, 1.54) is 0 Å². The van der Waals surface area contributed by atoms with E-state index in [4.69, 9.17) is 5.11 Å². The van der Waals surface area contributed by atoms with Gasteiger partial charge in [-0.1, -0.05) is 0 Å². The zero-order chi connectivity index (χ0) is 8.97. The molecule has 0 atom stereocenters. The molecule has 0 bridgehead atoms. The Balaban J connectivity index is 2.72. The molecule has 0 aliphatic carbocycles. The lowest BCUT2D eigenvalue weighted by atomic mass is 10.4. The van der Waals surface area contributed by atoms with E-state index in [-0.39, 0.29) is 6.61 Å². The zero-order valence-corrected chi connectivity index (χ0v) is 8.06. The van der Waals surface area contributed by atoms with Crippen molar-refractivity contribution in [3.05, 3.63) is 17.6 Å². The molecule has 1 rings (SSSR count). The fraction of sp³-hybridized carbons (Fsp3) is 0.500. The van der Waals surface area contributed by atoms with Crippen LogP contribution in [0.1, 0.15) is 11.5 Å². The van der Waals surface area contributed by atoms with Crippen LogP contribution < -0.4 is 0 Å². The van der Waals surface area contributed by atoms with Gasteiger partial charge in [0.2, 0.25) is 0 Å². The SMILES string of the molecule is Cc1cc(SCCO)nc(C)n1. The molecular formula is C8H12N2OS. The number of aromatic nitrogens is 2. The van der Waals surface area contributed by atoms with Gasteiger partial charge in [0.05, 0.1) is 6.61 Å². The topological polar surface area (TPSA) is 46.0 Å². The smallest absolute Gasteiger partial charge is 0.126 e. The molecule has 3 nitrogen and oxygen atoms in total. The Kier molecular flexibility index (Phi) is 3.49. The number of rotatable bonds is 3. The highest BCUT2D eigenvalue weighted by atomic mass is 32.2. The van der Waals surface area contributed by atoms with Gasteiger partial charge in [-0.25, -0.2) is 9.97 Å². The van der Waals surface area contributed by atoms with Gasteiger partial charge in [0.25, 0.3) is 0 Å². The average molecular weight is 184 g/mol. The van der Waals surface area contributed by atoms with Crippen LogP contribution in [-0.4, -0.2) is 27.4 Å². The Morgan fingerprint density at radius 3 is 2.75 bits per heavy atom. The summed E-state index contributed by atoms with van der Waals surface area (Å²) < 4.78 is 0. The normalized spacial score (nSPS) is 10.2. The van der Waals surface area contributed by atoms with Gasteiger partial charge in [-0.3, -0.25) is 0 Å². The molecule has 66 valence electrons. The number of hydrogen-bond acceptors (Lipinski definition) is 4. The van der Waals surface area contributed by atoms with Crippen LogP contribution in [0.2, 0.25) is 0 Å².